The van der Waals surface area contributed by atoms with Crippen LogP contribution in [0.25, 0.3) is 0 Å². The predicted molar refractivity (Wildman–Crippen MR) is 72.4 cm³/mol. The first-order valence-corrected chi connectivity index (χ1v) is 5.79. The maximum atomic E-state index is 11.8. The van der Waals surface area contributed by atoms with E-state index in [9.17, 15) is 4.79 Å². The minimum absolute atomic E-state index is 0.0265. The normalized spacial score (nSPS) is 10.1. The van der Waals surface area contributed by atoms with E-state index < -0.39 is 0 Å². The number of carbonyl (C=O) groups excluding carboxylic acids is 1. The first-order chi connectivity index (χ1) is 7.97. The van der Waals surface area contributed by atoms with Crippen LogP contribution in [-0.2, 0) is 0 Å². The number of carbonyl (C=O) groups is 1. The molecule has 1 aromatic carbocycles. The van der Waals surface area contributed by atoms with Gasteiger partial charge >= 0.3 is 0 Å². The van der Waals surface area contributed by atoms with Gasteiger partial charge in [0.1, 0.15) is 0 Å². The van der Waals surface area contributed by atoms with E-state index in [1.165, 1.54) is 0 Å². The molecule has 0 aliphatic heterocycles. The van der Waals surface area contributed by atoms with Crippen LogP contribution in [0, 0.1) is 0 Å². The molecule has 4 nitrogen and oxygen atoms in total. The molecule has 0 bridgehead atoms. The van der Waals surface area contributed by atoms with Gasteiger partial charge in [-0.1, -0.05) is 6.92 Å². The molecule has 0 aromatic heterocycles. The quantitative estimate of drug-likeness (QED) is 0.810. The fourth-order valence-electron chi connectivity index (χ4n) is 1.75. The van der Waals surface area contributed by atoms with Crippen LogP contribution in [0.3, 0.4) is 0 Å². The van der Waals surface area contributed by atoms with E-state index in [0.29, 0.717) is 11.3 Å². The molecule has 0 unspecified atom stereocenters. The smallest absolute Gasteiger partial charge is 0.253 e. The largest absolute Gasteiger partial charge is 0.397 e. The Morgan fingerprint density at radius 2 is 1.94 bits per heavy atom. The van der Waals surface area contributed by atoms with Crippen molar-refractivity contribution in [1.29, 1.82) is 0 Å². The van der Waals surface area contributed by atoms with Gasteiger partial charge in [0.2, 0.25) is 0 Å². The lowest BCUT2D eigenvalue weighted by atomic mass is 10.1. The van der Waals surface area contributed by atoms with Crippen molar-refractivity contribution in [2.75, 3.05) is 38.3 Å². The number of benzene rings is 1. The van der Waals surface area contributed by atoms with Crippen molar-refractivity contribution in [3.05, 3.63) is 23.8 Å². The highest BCUT2D eigenvalue weighted by Crippen LogP contribution is 2.23. The summed E-state index contributed by atoms with van der Waals surface area (Å²) >= 11 is 0. The number of hydrogen-bond donors (Lipinski definition) is 1. The van der Waals surface area contributed by atoms with Crippen LogP contribution in [0.4, 0.5) is 11.4 Å². The van der Waals surface area contributed by atoms with Crippen LogP contribution < -0.4 is 10.6 Å². The summed E-state index contributed by atoms with van der Waals surface area (Å²) < 4.78 is 0. The fourth-order valence-corrected chi connectivity index (χ4v) is 1.75. The van der Waals surface area contributed by atoms with Crippen molar-refractivity contribution < 1.29 is 4.79 Å². The Bertz CT molecular complexity index is 402. The summed E-state index contributed by atoms with van der Waals surface area (Å²) in [6.07, 6.45) is 1.06. The molecule has 2 N–H and O–H groups in total. The number of rotatable bonds is 4. The van der Waals surface area contributed by atoms with Gasteiger partial charge in [0.25, 0.3) is 5.91 Å². The van der Waals surface area contributed by atoms with E-state index in [2.05, 4.69) is 11.8 Å². The van der Waals surface area contributed by atoms with Crippen molar-refractivity contribution in [2.45, 2.75) is 13.3 Å². The minimum atomic E-state index is -0.0265. The Kier molecular flexibility index (Phi) is 4.37. The molecule has 0 atom stereocenters. The number of nitrogens with zero attached hydrogens (tertiary/aromatic N) is 2. The first-order valence-electron chi connectivity index (χ1n) is 5.79. The molecule has 0 fully saturated rings. The number of amides is 1. The molecule has 0 radical (unpaired) electrons. The second-order valence-electron chi connectivity index (χ2n) is 4.39. The van der Waals surface area contributed by atoms with E-state index in [1.807, 2.05) is 19.2 Å². The summed E-state index contributed by atoms with van der Waals surface area (Å²) in [4.78, 5) is 15.4. The van der Waals surface area contributed by atoms with Crippen molar-refractivity contribution in [2.24, 2.45) is 0 Å². The lowest BCUT2D eigenvalue weighted by Gasteiger charge is -2.21. The molecule has 0 saturated heterocycles. The third kappa shape index (κ3) is 3.12. The van der Waals surface area contributed by atoms with Crippen LogP contribution in [0.15, 0.2) is 18.2 Å². The monoisotopic (exact) mass is 235 g/mol. The number of anilines is 2. The zero-order valence-electron chi connectivity index (χ0n) is 11.0. The summed E-state index contributed by atoms with van der Waals surface area (Å²) in [6, 6.07) is 5.46. The lowest BCUT2D eigenvalue weighted by Crippen LogP contribution is -2.23. The molecule has 0 spiro atoms. The van der Waals surface area contributed by atoms with Crippen molar-refractivity contribution in [3.8, 4) is 0 Å². The average Bonchev–Trinajstić information content (AvgIpc) is 2.27. The standard InChI is InChI=1S/C13H21N3O/c1-5-8-16(4)12-7-6-10(9-11(12)14)13(17)15(2)3/h6-7,9H,5,8,14H2,1-4H3. The molecule has 0 aliphatic carbocycles. The number of nitrogen functional groups attached to an aromatic ring is 1. The predicted octanol–water partition coefficient (Wildman–Crippen LogP) is 1.82. The third-order valence-electron chi connectivity index (χ3n) is 2.65. The summed E-state index contributed by atoms with van der Waals surface area (Å²) in [5, 5.41) is 0. The highest BCUT2D eigenvalue weighted by Gasteiger charge is 2.11. The maximum Gasteiger partial charge on any atom is 0.253 e. The lowest BCUT2D eigenvalue weighted by molar-refractivity contribution is 0.0827. The van der Waals surface area contributed by atoms with Crippen molar-refractivity contribution in [3.63, 3.8) is 0 Å². The fraction of sp³-hybridized carbons (Fsp3) is 0.462. The van der Waals surface area contributed by atoms with E-state index in [-0.39, 0.29) is 5.91 Å². The van der Waals surface area contributed by atoms with Crippen LogP contribution in [0.1, 0.15) is 23.7 Å². The van der Waals surface area contributed by atoms with Crippen LogP contribution in [0.2, 0.25) is 0 Å². The molecule has 0 aliphatic rings. The number of nitrogens with two attached hydrogens (primary N) is 1. The van der Waals surface area contributed by atoms with Gasteiger partial charge in [-0.05, 0) is 24.6 Å². The summed E-state index contributed by atoms with van der Waals surface area (Å²) in [7, 11) is 5.47. The first kappa shape index (κ1) is 13.4. The van der Waals surface area contributed by atoms with Gasteiger partial charge in [-0.3, -0.25) is 4.79 Å². The zero-order chi connectivity index (χ0) is 13.0. The molecule has 1 amide bonds. The zero-order valence-corrected chi connectivity index (χ0v) is 11.0. The van der Waals surface area contributed by atoms with Gasteiger partial charge in [0.15, 0.2) is 0 Å². The van der Waals surface area contributed by atoms with Crippen molar-refractivity contribution in [1.82, 2.24) is 4.90 Å². The number of hydrogen-bond acceptors (Lipinski definition) is 3. The Balaban J connectivity index is 2.97. The Morgan fingerprint density at radius 3 is 2.41 bits per heavy atom. The highest BCUT2D eigenvalue weighted by atomic mass is 16.2. The molecule has 1 rings (SSSR count). The average molecular weight is 235 g/mol. The molecular formula is C13H21N3O. The van der Waals surface area contributed by atoms with Gasteiger partial charge in [0, 0.05) is 33.3 Å². The summed E-state index contributed by atoms with van der Waals surface area (Å²) in [5.74, 6) is -0.0265. The third-order valence-corrected chi connectivity index (χ3v) is 2.65. The second kappa shape index (κ2) is 5.57. The summed E-state index contributed by atoms with van der Waals surface area (Å²) in [5.41, 5.74) is 8.23. The minimum Gasteiger partial charge on any atom is -0.397 e. The van der Waals surface area contributed by atoms with Gasteiger partial charge in [-0.15, -0.1) is 0 Å². The SMILES string of the molecule is CCCN(C)c1ccc(C(=O)N(C)C)cc1N. The van der Waals surface area contributed by atoms with E-state index in [4.69, 9.17) is 5.73 Å². The molecule has 17 heavy (non-hydrogen) atoms. The molecule has 94 valence electrons. The van der Waals surface area contributed by atoms with E-state index in [0.717, 1.165) is 18.7 Å². The molecule has 0 saturated carbocycles. The van der Waals surface area contributed by atoms with E-state index in [1.54, 1.807) is 25.1 Å². The van der Waals surface area contributed by atoms with Gasteiger partial charge in [0.05, 0.1) is 11.4 Å². The second-order valence-corrected chi connectivity index (χ2v) is 4.39. The van der Waals surface area contributed by atoms with E-state index >= 15 is 0 Å². The Morgan fingerprint density at radius 1 is 1.29 bits per heavy atom. The van der Waals surface area contributed by atoms with Gasteiger partial charge in [-0.25, -0.2) is 0 Å². The Labute approximate surface area is 103 Å². The maximum absolute atomic E-state index is 11.8. The van der Waals surface area contributed by atoms with Crippen LogP contribution in [0.5, 0.6) is 0 Å². The van der Waals surface area contributed by atoms with Gasteiger partial charge < -0.3 is 15.5 Å². The molecule has 0 heterocycles. The van der Waals surface area contributed by atoms with Gasteiger partial charge in [-0.2, -0.15) is 0 Å². The molecule has 1 aromatic rings. The van der Waals surface area contributed by atoms with Crippen LogP contribution in [-0.4, -0.2) is 38.5 Å². The highest BCUT2D eigenvalue weighted by molar-refractivity contribution is 5.95. The van der Waals surface area contributed by atoms with Crippen molar-refractivity contribution >= 4 is 17.3 Å². The Hall–Kier alpha value is -1.71. The molecule has 4 heteroatoms. The molecular weight excluding hydrogens is 214 g/mol. The summed E-state index contributed by atoms with van der Waals surface area (Å²) in [6.45, 7) is 3.07. The topological polar surface area (TPSA) is 49.6 Å². The van der Waals surface area contributed by atoms with Crippen LogP contribution >= 0.6 is 0 Å².